The number of hydrogen-bond acceptors (Lipinski definition) is 0. The van der Waals surface area contributed by atoms with Crippen LogP contribution in [-0.2, 0) is 0 Å². The topological polar surface area (TPSA) is 0 Å². The van der Waals surface area contributed by atoms with Gasteiger partial charge in [0.1, 0.15) is 0 Å². The summed E-state index contributed by atoms with van der Waals surface area (Å²) in [5, 5.41) is 24.7. The van der Waals surface area contributed by atoms with E-state index in [2.05, 4.69) is 109 Å². The first-order valence-corrected chi connectivity index (χ1v) is 12.7. The maximum Gasteiger partial charge on any atom is -0.000740 e. The van der Waals surface area contributed by atoms with Crippen molar-refractivity contribution in [2.45, 2.75) is 0 Å². The Kier molecular flexibility index (Phi) is 2.83. The molecule has 0 fully saturated rings. The second kappa shape index (κ2) is 5.75. The van der Waals surface area contributed by atoms with Gasteiger partial charge in [0.25, 0.3) is 0 Å². The summed E-state index contributed by atoms with van der Waals surface area (Å²) >= 11 is 0. The largest absolute Gasteiger partial charge is 0.0616 e. The molecule has 0 heterocycles. The van der Waals surface area contributed by atoms with Gasteiger partial charge in [-0.2, -0.15) is 0 Å². The summed E-state index contributed by atoms with van der Waals surface area (Å²) in [5.74, 6) is 0. The van der Waals surface area contributed by atoms with Gasteiger partial charge < -0.3 is 0 Å². The van der Waals surface area contributed by atoms with Crippen molar-refractivity contribution in [3.05, 3.63) is 109 Å². The molecule has 0 aliphatic carbocycles. The van der Waals surface area contributed by atoms with E-state index in [-0.39, 0.29) is 0 Å². The fraction of sp³-hybridized carbons (Fsp3) is 0. The van der Waals surface area contributed by atoms with Crippen molar-refractivity contribution in [1.29, 1.82) is 0 Å². The highest BCUT2D eigenvalue weighted by Gasteiger charge is 2.23. The van der Waals surface area contributed by atoms with Crippen molar-refractivity contribution >= 4 is 97.0 Å². The van der Waals surface area contributed by atoms with E-state index in [4.69, 9.17) is 0 Å². The predicted molar refractivity (Wildman–Crippen MR) is 158 cm³/mol. The summed E-state index contributed by atoms with van der Waals surface area (Å²) < 4.78 is 0. The summed E-state index contributed by atoms with van der Waals surface area (Å²) in [7, 11) is 0. The molecule has 0 radical (unpaired) electrons. The average molecular weight is 451 g/mol. The minimum absolute atomic E-state index is 1.32. The number of fused-ring (bicyclic) bond motifs is 6. The van der Waals surface area contributed by atoms with Crippen molar-refractivity contribution in [1.82, 2.24) is 0 Å². The quantitative estimate of drug-likeness (QED) is 0.159. The van der Waals surface area contributed by atoms with Gasteiger partial charge >= 0.3 is 0 Å². The zero-order chi connectivity index (χ0) is 23.1. The molecule has 0 amide bonds. The van der Waals surface area contributed by atoms with Crippen LogP contribution in [-0.4, -0.2) is 0 Å². The molecule has 0 spiro atoms. The van der Waals surface area contributed by atoms with Crippen LogP contribution >= 0.6 is 0 Å². The normalized spacial score (nSPS) is 13.0. The average Bonchev–Trinajstić information content (AvgIpc) is 2.94. The fourth-order valence-corrected chi connectivity index (χ4v) is 7.52. The maximum atomic E-state index is 2.39. The number of benzene rings is 10. The summed E-state index contributed by atoms with van der Waals surface area (Å²) in [6.45, 7) is 0. The third-order valence-electron chi connectivity index (χ3n) is 8.85. The Morgan fingerprint density at radius 1 is 0.194 bits per heavy atom. The lowest BCUT2D eigenvalue weighted by atomic mass is 9.80. The first kappa shape index (κ1) is 17.7. The first-order chi connectivity index (χ1) is 17.9. The van der Waals surface area contributed by atoms with Gasteiger partial charge in [-0.1, -0.05) is 109 Å². The lowest BCUT2D eigenvalue weighted by Gasteiger charge is -2.23. The zero-order valence-electron chi connectivity index (χ0n) is 19.4. The molecular formula is C36H18. The third-order valence-corrected chi connectivity index (χ3v) is 8.85. The van der Waals surface area contributed by atoms with E-state index >= 15 is 0 Å². The van der Waals surface area contributed by atoms with E-state index in [1.54, 1.807) is 0 Å². The van der Waals surface area contributed by atoms with Crippen LogP contribution < -0.4 is 0 Å². The summed E-state index contributed by atoms with van der Waals surface area (Å²) in [5.41, 5.74) is 0. The standard InChI is InChI=1S/C36H18/c1-2-8-25-23(7-1)24-9-3-5-20-15-17-28-34-26-10-4-6-19-11-12-21-13-14-22-16-18-27(33(25)35(28)29(20)24)36(34)32(22)31(21)30(19)26/h1-18H. The molecule has 0 unspecified atom stereocenters. The van der Waals surface area contributed by atoms with Gasteiger partial charge in [0.15, 0.2) is 0 Å². The van der Waals surface area contributed by atoms with Gasteiger partial charge in [0, 0.05) is 0 Å². The van der Waals surface area contributed by atoms with Crippen molar-refractivity contribution in [2.75, 3.05) is 0 Å². The van der Waals surface area contributed by atoms with Crippen LogP contribution in [0.3, 0.4) is 0 Å². The molecule has 10 rings (SSSR count). The Hall–Kier alpha value is -4.68. The lowest BCUT2D eigenvalue weighted by Crippen LogP contribution is -1.94. The second-order valence-electron chi connectivity index (χ2n) is 10.4. The molecule has 0 atom stereocenters. The molecule has 0 aliphatic rings. The Labute approximate surface area is 206 Å². The molecule has 10 aromatic carbocycles. The van der Waals surface area contributed by atoms with E-state index in [0.717, 1.165) is 0 Å². The smallest absolute Gasteiger partial charge is 0.000740 e. The Balaban J connectivity index is 1.72. The zero-order valence-corrected chi connectivity index (χ0v) is 19.4. The van der Waals surface area contributed by atoms with E-state index < -0.39 is 0 Å². The van der Waals surface area contributed by atoms with Crippen molar-refractivity contribution in [3.8, 4) is 0 Å². The maximum absolute atomic E-state index is 2.39. The van der Waals surface area contributed by atoms with Crippen LogP contribution in [0.4, 0.5) is 0 Å². The predicted octanol–water partition coefficient (Wildman–Crippen LogP) is 10.4. The Morgan fingerprint density at radius 2 is 0.583 bits per heavy atom. The number of hydrogen-bond donors (Lipinski definition) is 0. The van der Waals surface area contributed by atoms with Crippen LogP contribution in [0.5, 0.6) is 0 Å². The van der Waals surface area contributed by atoms with Crippen LogP contribution in [0.2, 0.25) is 0 Å². The van der Waals surface area contributed by atoms with Gasteiger partial charge in [-0.05, 0) is 97.0 Å². The molecule has 36 heavy (non-hydrogen) atoms. The lowest BCUT2D eigenvalue weighted by molar-refractivity contribution is 1.80. The van der Waals surface area contributed by atoms with Gasteiger partial charge in [0.2, 0.25) is 0 Å². The molecule has 162 valence electrons. The minimum Gasteiger partial charge on any atom is -0.0616 e. The van der Waals surface area contributed by atoms with Crippen LogP contribution in [0.25, 0.3) is 97.0 Å². The monoisotopic (exact) mass is 450 g/mol. The van der Waals surface area contributed by atoms with Gasteiger partial charge in [-0.15, -0.1) is 0 Å². The molecule has 0 bridgehead atoms. The van der Waals surface area contributed by atoms with Crippen molar-refractivity contribution < 1.29 is 0 Å². The van der Waals surface area contributed by atoms with Crippen molar-refractivity contribution in [2.24, 2.45) is 0 Å². The molecule has 0 saturated heterocycles. The highest BCUT2D eigenvalue weighted by atomic mass is 14.3. The molecule has 0 N–H and O–H groups in total. The van der Waals surface area contributed by atoms with Crippen LogP contribution in [0.15, 0.2) is 109 Å². The van der Waals surface area contributed by atoms with Crippen LogP contribution in [0, 0.1) is 0 Å². The second-order valence-corrected chi connectivity index (χ2v) is 10.4. The van der Waals surface area contributed by atoms with Gasteiger partial charge in [-0.3, -0.25) is 0 Å². The van der Waals surface area contributed by atoms with E-state index in [9.17, 15) is 0 Å². The molecule has 0 aromatic heterocycles. The molecule has 0 aliphatic heterocycles. The van der Waals surface area contributed by atoms with Gasteiger partial charge in [-0.25, -0.2) is 0 Å². The molecule has 0 nitrogen and oxygen atoms in total. The van der Waals surface area contributed by atoms with E-state index in [0.29, 0.717) is 0 Å². The van der Waals surface area contributed by atoms with E-state index in [1.165, 1.54) is 97.0 Å². The fourth-order valence-electron chi connectivity index (χ4n) is 7.52. The minimum atomic E-state index is 1.32. The highest BCUT2D eigenvalue weighted by Crippen LogP contribution is 2.52. The number of rotatable bonds is 0. The van der Waals surface area contributed by atoms with Gasteiger partial charge in [0.05, 0.1) is 0 Å². The summed E-state index contributed by atoms with van der Waals surface area (Å²) in [6, 6.07) is 41.3. The molecular weight excluding hydrogens is 432 g/mol. The SMILES string of the molecule is c1ccc2c(c1)c1cccc3ccc4c5c6cccc7ccc8ccc9ccc(c2c4c31)c5c9c8c76. The molecule has 0 saturated carbocycles. The summed E-state index contributed by atoms with van der Waals surface area (Å²) in [4.78, 5) is 0. The summed E-state index contributed by atoms with van der Waals surface area (Å²) in [6.07, 6.45) is 0. The third kappa shape index (κ3) is 1.80. The Morgan fingerprint density at radius 3 is 1.28 bits per heavy atom. The van der Waals surface area contributed by atoms with Crippen LogP contribution in [0.1, 0.15) is 0 Å². The van der Waals surface area contributed by atoms with E-state index in [1.807, 2.05) is 0 Å². The van der Waals surface area contributed by atoms with Crippen molar-refractivity contribution in [3.63, 3.8) is 0 Å². The Bertz CT molecular complexity index is 2480. The molecule has 0 heteroatoms. The molecule has 10 aromatic rings. The highest BCUT2D eigenvalue weighted by molar-refractivity contribution is 6.50. The first-order valence-electron chi connectivity index (χ1n) is 12.7.